The molecule has 2 heterocycles. The van der Waals surface area contributed by atoms with E-state index in [-0.39, 0.29) is 5.91 Å². The van der Waals surface area contributed by atoms with Crippen molar-refractivity contribution in [2.24, 2.45) is 0 Å². The number of amides is 1. The lowest BCUT2D eigenvalue weighted by molar-refractivity contribution is 0.0954. The molecular formula is C14H14N6O. The zero-order chi connectivity index (χ0) is 14.5. The van der Waals surface area contributed by atoms with Gasteiger partial charge in [-0.25, -0.2) is 4.98 Å². The number of benzene rings is 1. The number of aromatic amines is 2. The first-order valence-electron chi connectivity index (χ1n) is 6.56. The fourth-order valence-corrected chi connectivity index (χ4v) is 2.02. The molecule has 7 heteroatoms. The second-order valence-electron chi connectivity index (χ2n) is 4.46. The second-order valence-corrected chi connectivity index (χ2v) is 4.46. The minimum Gasteiger partial charge on any atom is -0.351 e. The van der Waals surface area contributed by atoms with Gasteiger partial charge in [0.1, 0.15) is 12.2 Å². The van der Waals surface area contributed by atoms with E-state index in [1.807, 2.05) is 30.3 Å². The molecule has 3 N–H and O–H groups in total. The Morgan fingerprint density at radius 2 is 2.00 bits per heavy atom. The van der Waals surface area contributed by atoms with E-state index in [1.54, 1.807) is 0 Å². The summed E-state index contributed by atoms with van der Waals surface area (Å²) in [6.07, 6.45) is 3.58. The molecule has 0 aliphatic rings. The summed E-state index contributed by atoms with van der Waals surface area (Å²) in [6.45, 7) is 0.480. The summed E-state index contributed by atoms with van der Waals surface area (Å²) in [5.74, 6) is 0.577. The third kappa shape index (κ3) is 2.97. The van der Waals surface area contributed by atoms with Crippen molar-refractivity contribution < 1.29 is 4.79 Å². The Hall–Kier alpha value is -2.96. The van der Waals surface area contributed by atoms with Gasteiger partial charge in [-0.15, -0.1) is 0 Å². The molecule has 0 radical (unpaired) electrons. The molecule has 0 spiro atoms. The van der Waals surface area contributed by atoms with E-state index in [0.717, 1.165) is 11.4 Å². The first kappa shape index (κ1) is 13.0. The Labute approximate surface area is 120 Å². The van der Waals surface area contributed by atoms with Gasteiger partial charge >= 0.3 is 0 Å². The van der Waals surface area contributed by atoms with Crippen molar-refractivity contribution >= 4 is 5.91 Å². The number of aromatic nitrogens is 5. The molecule has 3 aromatic rings. The van der Waals surface area contributed by atoms with Crippen LogP contribution in [0.4, 0.5) is 0 Å². The normalized spacial score (nSPS) is 10.5. The van der Waals surface area contributed by atoms with Crippen LogP contribution in [-0.2, 0) is 6.42 Å². The summed E-state index contributed by atoms with van der Waals surface area (Å²) in [6, 6.07) is 9.62. The smallest absolute Gasteiger partial charge is 0.255 e. The Balaban J connectivity index is 1.67. The van der Waals surface area contributed by atoms with E-state index in [0.29, 0.717) is 24.2 Å². The Morgan fingerprint density at radius 3 is 2.76 bits per heavy atom. The SMILES string of the molecule is O=C(NCCc1ncn[nH]1)c1cn[nH]c1-c1ccccc1. The van der Waals surface area contributed by atoms with Crippen LogP contribution in [0.3, 0.4) is 0 Å². The van der Waals surface area contributed by atoms with Crippen LogP contribution in [0.2, 0.25) is 0 Å². The van der Waals surface area contributed by atoms with Crippen LogP contribution in [0.15, 0.2) is 42.9 Å². The molecular weight excluding hydrogens is 268 g/mol. The first-order chi connectivity index (χ1) is 10.3. The van der Waals surface area contributed by atoms with E-state index < -0.39 is 0 Å². The molecule has 3 rings (SSSR count). The summed E-state index contributed by atoms with van der Waals surface area (Å²) in [5.41, 5.74) is 2.17. The van der Waals surface area contributed by atoms with Crippen molar-refractivity contribution in [3.05, 3.63) is 54.2 Å². The molecule has 0 saturated carbocycles. The maximum absolute atomic E-state index is 12.2. The highest BCUT2D eigenvalue weighted by atomic mass is 16.1. The van der Waals surface area contributed by atoms with Crippen molar-refractivity contribution in [1.82, 2.24) is 30.7 Å². The molecule has 0 fully saturated rings. The van der Waals surface area contributed by atoms with Gasteiger partial charge in [0, 0.05) is 18.5 Å². The predicted octanol–water partition coefficient (Wildman–Crippen LogP) is 1.17. The van der Waals surface area contributed by atoms with Crippen LogP contribution in [-0.4, -0.2) is 37.8 Å². The minimum absolute atomic E-state index is 0.165. The molecule has 0 bridgehead atoms. The number of carbonyl (C=O) groups excluding carboxylic acids is 1. The van der Waals surface area contributed by atoms with Crippen molar-refractivity contribution in [3.8, 4) is 11.3 Å². The maximum atomic E-state index is 12.2. The Bertz CT molecular complexity index is 704. The largest absolute Gasteiger partial charge is 0.351 e. The number of rotatable bonds is 5. The standard InChI is InChI=1S/C14H14N6O/c21-14(15-7-6-12-16-9-18-19-12)11-8-17-20-13(11)10-4-2-1-3-5-10/h1-5,8-9H,6-7H2,(H,15,21)(H,17,20)(H,16,18,19). The number of hydrogen-bond acceptors (Lipinski definition) is 4. The van der Waals surface area contributed by atoms with Gasteiger partial charge in [0.2, 0.25) is 0 Å². The molecule has 7 nitrogen and oxygen atoms in total. The van der Waals surface area contributed by atoms with Gasteiger partial charge in [0.15, 0.2) is 0 Å². The van der Waals surface area contributed by atoms with E-state index in [2.05, 4.69) is 30.7 Å². The zero-order valence-corrected chi connectivity index (χ0v) is 11.2. The highest BCUT2D eigenvalue weighted by Crippen LogP contribution is 2.20. The molecule has 106 valence electrons. The molecule has 0 atom stereocenters. The lowest BCUT2D eigenvalue weighted by atomic mass is 10.1. The highest BCUT2D eigenvalue weighted by Gasteiger charge is 2.14. The third-order valence-corrected chi connectivity index (χ3v) is 3.06. The predicted molar refractivity (Wildman–Crippen MR) is 76.4 cm³/mol. The topological polar surface area (TPSA) is 99.3 Å². The first-order valence-corrected chi connectivity index (χ1v) is 6.56. The fourth-order valence-electron chi connectivity index (χ4n) is 2.02. The fraction of sp³-hybridized carbons (Fsp3) is 0.143. The summed E-state index contributed by atoms with van der Waals surface area (Å²) in [7, 11) is 0. The second kappa shape index (κ2) is 6.00. The summed E-state index contributed by atoms with van der Waals surface area (Å²) < 4.78 is 0. The van der Waals surface area contributed by atoms with E-state index in [4.69, 9.17) is 0 Å². The average molecular weight is 282 g/mol. The summed E-state index contributed by atoms with van der Waals surface area (Å²) in [4.78, 5) is 16.2. The van der Waals surface area contributed by atoms with Gasteiger partial charge in [-0.2, -0.15) is 10.2 Å². The zero-order valence-electron chi connectivity index (χ0n) is 11.2. The molecule has 1 aromatic carbocycles. The highest BCUT2D eigenvalue weighted by molar-refractivity contribution is 5.99. The minimum atomic E-state index is -0.165. The van der Waals surface area contributed by atoms with Gasteiger partial charge in [-0.05, 0) is 0 Å². The average Bonchev–Trinajstić information content (AvgIpc) is 3.19. The van der Waals surface area contributed by atoms with Crippen molar-refractivity contribution in [2.45, 2.75) is 6.42 Å². The molecule has 0 saturated heterocycles. The van der Waals surface area contributed by atoms with Crippen LogP contribution in [0.1, 0.15) is 16.2 Å². The molecule has 21 heavy (non-hydrogen) atoms. The van der Waals surface area contributed by atoms with E-state index >= 15 is 0 Å². The molecule has 0 unspecified atom stereocenters. The van der Waals surface area contributed by atoms with E-state index in [9.17, 15) is 4.79 Å². The van der Waals surface area contributed by atoms with Gasteiger partial charge in [0.25, 0.3) is 5.91 Å². The van der Waals surface area contributed by atoms with Crippen LogP contribution < -0.4 is 5.32 Å². The summed E-state index contributed by atoms with van der Waals surface area (Å²) >= 11 is 0. The maximum Gasteiger partial charge on any atom is 0.255 e. The van der Waals surface area contributed by atoms with Gasteiger partial charge in [0.05, 0.1) is 17.5 Å². The molecule has 1 amide bonds. The van der Waals surface area contributed by atoms with Crippen molar-refractivity contribution in [3.63, 3.8) is 0 Å². The molecule has 0 aliphatic heterocycles. The quantitative estimate of drug-likeness (QED) is 0.654. The number of hydrogen-bond donors (Lipinski definition) is 3. The number of nitrogens with zero attached hydrogens (tertiary/aromatic N) is 3. The Morgan fingerprint density at radius 1 is 1.14 bits per heavy atom. The molecule has 2 aromatic heterocycles. The lowest BCUT2D eigenvalue weighted by Crippen LogP contribution is -2.26. The van der Waals surface area contributed by atoms with Gasteiger partial charge in [-0.3, -0.25) is 15.0 Å². The van der Waals surface area contributed by atoms with Gasteiger partial charge < -0.3 is 5.32 Å². The van der Waals surface area contributed by atoms with Crippen LogP contribution in [0.25, 0.3) is 11.3 Å². The lowest BCUT2D eigenvalue weighted by Gasteiger charge is -2.05. The number of H-pyrrole nitrogens is 2. The van der Waals surface area contributed by atoms with Crippen LogP contribution >= 0.6 is 0 Å². The van der Waals surface area contributed by atoms with Crippen molar-refractivity contribution in [1.29, 1.82) is 0 Å². The number of nitrogens with one attached hydrogen (secondary N) is 3. The Kier molecular flexibility index (Phi) is 3.72. The van der Waals surface area contributed by atoms with Gasteiger partial charge in [-0.1, -0.05) is 30.3 Å². The molecule has 0 aliphatic carbocycles. The van der Waals surface area contributed by atoms with Crippen LogP contribution in [0, 0.1) is 0 Å². The van der Waals surface area contributed by atoms with E-state index in [1.165, 1.54) is 12.5 Å². The monoisotopic (exact) mass is 282 g/mol. The number of carbonyl (C=O) groups is 1. The third-order valence-electron chi connectivity index (χ3n) is 3.06. The van der Waals surface area contributed by atoms with Crippen LogP contribution in [0.5, 0.6) is 0 Å². The summed E-state index contributed by atoms with van der Waals surface area (Å²) in [5, 5.41) is 16.2. The van der Waals surface area contributed by atoms with Crippen molar-refractivity contribution in [2.75, 3.05) is 6.54 Å².